The smallest absolute Gasteiger partial charge is 0.290 e. The zero-order valence-electron chi connectivity index (χ0n) is 19.4. The van der Waals surface area contributed by atoms with Gasteiger partial charge < -0.3 is 19.8 Å². The molecule has 1 aliphatic carbocycles. The molecule has 7 nitrogen and oxygen atoms in total. The molecule has 3 aliphatic rings. The molecule has 1 aromatic carbocycles. The molecule has 0 unspecified atom stereocenters. The minimum atomic E-state index is -0.250. The average molecular weight is 449 g/mol. The summed E-state index contributed by atoms with van der Waals surface area (Å²) in [7, 11) is 1.93. The van der Waals surface area contributed by atoms with Crippen molar-refractivity contribution >= 4 is 12.9 Å². The second-order valence-corrected chi connectivity index (χ2v) is 9.07. The maximum atomic E-state index is 8.36. The lowest BCUT2D eigenvalue weighted by atomic mass is 9.76. The molecular weight excluding hydrogens is 408 g/mol. The summed E-state index contributed by atoms with van der Waals surface area (Å²) in [4.78, 5) is 22.2. The fourth-order valence-corrected chi connectivity index (χ4v) is 5.89. The number of hydrogen-bond donors (Lipinski definition) is 2. The standard InChI is InChI=1S/C23H36N2O.2CH2O2/c1-26-22-9-5-13-23(22)14-6-15-25(19-23)21-11-17-24(18-12-21)16-10-20-7-3-2-4-8-20;2*2-1-3/h2-4,7-8,21-22H,5-6,9-19H2,1H3;2*1H,(H,2,3)/t22-,23-;;/m1../s1. The SMILES string of the molecule is CO[C@@H]1CCC[C@]12CCCN(C1CCN(CCc3ccccc3)CC1)C2.O=CO.O=CO. The van der Waals surface area contributed by atoms with E-state index in [1.165, 1.54) is 89.7 Å². The first-order chi connectivity index (χ1) is 15.6. The number of ether oxygens (including phenoxy) is 1. The second kappa shape index (κ2) is 14.2. The van der Waals surface area contributed by atoms with E-state index < -0.39 is 0 Å². The Kier molecular flexibility index (Phi) is 11.7. The van der Waals surface area contributed by atoms with Gasteiger partial charge in [-0.1, -0.05) is 36.8 Å². The fourth-order valence-electron chi connectivity index (χ4n) is 5.89. The fraction of sp³-hybridized carbons (Fsp3) is 0.680. The highest BCUT2D eigenvalue weighted by Crippen LogP contribution is 2.47. The van der Waals surface area contributed by atoms with Crippen molar-refractivity contribution in [3.63, 3.8) is 0 Å². The summed E-state index contributed by atoms with van der Waals surface area (Å²) in [6, 6.07) is 11.7. The molecule has 180 valence electrons. The van der Waals surface area contributed by atoms with Crippen molar-refractivity contribution in [2.45, 2.75) is 63.5 Å². The van der Waals surface area contributed by atoms with Crippen LogP contribution < -0.4 is 0 Å². The maximum absolute atomic E-state index is 8.36. The zero-order valence-corrected chi connectivity index (χ0v) is 19.4. The number of methoxy groups -OCH3 is 1. The van der Waals surface area contributed by atoms with Crippen LogP contribution >= 0.6 is 0 Å². The van der Waals surface area contributed by atoms with Crippen LogP contribution in [0.4, 0.5) is 0 Å². The van der Waals surface area contributed by atoms with Gasteiger partial charge in [-0.3, -0.25) is 14.5 Å². The lowest BCUT2D eigenvalue weighted by Crippen LogP contribution is -2.53. The van der Waals surface area contributed by atoms with Crippen molar-refractivity contribution in [3.05, 3.63) is 35.9 Å². The van der Waals surface area contributed by atoms with E-state index in [-0.39, 0.29) is 12.9 Å². The largest absolute Gasteiger partial charge is 0.483 e. The molecule has 0 aromatic heterocycles. The Morgan fingerprint density at radius 1 is 1.00 bits per heavy atom. The quantitative estimate of drug-likeness (QED) is 0.668. The molecule has 0 radical (unpaired) electrons. The summed E-state index contributed by atoms with van der Waals surface area (Å²) in [6.07, 6.45) is 11.2. The van der Waals surface area contributed by atoms with Gasteiger partial charge in [0.25, 0.3) is 12.9 Å². The predicted molar refractivity (Wildman–Crippen MR) is 125 cm³/mol. The summed E-state index contributed by atoms with van der Waals surface area (Å²) < 4.78 is 5.90. The van der Waals surface area contributed by atoms with Crippen LogP contribution in [0.15, 0.2) is 30.3 Å². The van der Waals surface area contributed by atoms with E-state index in [9.17, 15) is 0 Å². The number of rotatable bonds is 5. The molecule has 4 rings (SSSR count). The Bertz CT molecular complexity index is 645. The third-order valence-corrected chi connectivity index (χ3v) is 7.38. The summed E-state index contributed by atoms with van der Waals surface area (Å²) >= 11 is 0. The summed E-state index contributed by atoms with van der Waals surface area (Å²) in [5.74, 6) is 0. The van der Waals surface area contributed by atoms with E-state index in [0.29, 0.717) is 11.5 Å². The van der Waals surface area contributed by atoms with E-state index in [1.54, 1.807) is 0 Å². The molecule has 7 heteroatoms. The van der Waals surface area contributed by atoms with Gasteiger partial charge in [0.1, 0.15) is 0 Å². The molecule has 32 heavy (non-hydrogen) atoms. The van der Waals surface area contributed by atoms with Crippen LogP contribution in [0, 0.1) is 5.41 Å². The van der Waals surface area contributed by atoms with Crippen molar-refractivity contribution in [2.75, 3.05) is 39.8 Å². The van der Waals surface area contributed by atoms with Gasteiger partial charge in [0, 0.05) is 31.7 Å². The van der Waals surface area contributed by atoms with Crippen LogP contribution in [0.3, 0.4) is 0 Å². The van der Waals surface area contributed by atoms with Crippen molar-refractivity contribution in [3.8, 4) is 0 Å². The molecule has 2 atom stereocenters. The topological polar surface area (TPSA) is 90.3 Å². The summed E-state index contributed by atoms with van der Waals surface area (Å²) in [5.41, 5.74) is 1.94. The summed E-state index contributed by atoms with van der Waals surface area (Å²) in [5, 5.41) is 13.8. The number of hydrogen-bond acceptors (Lipinski definition) is 5. The van der Waals surface area contributed by atoms with Gasteiger partial charge in [0.15, 0.2) is 0 Å². The normalized spacial score (nSPS) is 26.5. The van der Waals surface area contributed by atoms with Crippen LogP contribution in [-0.2, 0) is 20.7 Å². The Morgan fingerprint density at radius 2 is 1.62 bits per heavy atom. The third-order valence-electron chi connectivity index (χ3n) is 7.38. The average Bonchev–Trinajstić information content (AvgIpc) is 3.21. The number of carbonyl (C=O) groups is 2. The zero-order chi connectivity index (χ0) is 23.2. The highest BCUT2D eigenvalue weighted by atomic mass is 16.5. The molecule has 1 saturated carbocycles. The molecule has 2 heterocycles. The van der Waals surface area contributed by atoms with Crippen LogP contribution in [0.2, 0.25) is 0 Å². The highest BCUT2D eigenvalue weighted by Gasteiger charge is 2.46. The van der Waals surface area contributed by atoms with Crippen LogP contribution in [0.1, 0.15) is 50.5 Å². The second-order valence-electron chi connectivity index (χ2n) is 9.07. The number of nitrogens with zero attached hydrogens (tertiary/aromatic N) is 2. The van der Waals surface area contributed by atoms with Crippen LogP contribution in [0.5, 0.6) is 0 Å². The number of likely N-dealkylation sites (tertiary alicyclic amines) is 2. The van der Waals surface area contributed by atoms with Crippen molar-refractivity contribution in [1.29, 1.82) is 0 Å². The van der Waals surface area contributed by atoms with Gasteiger partial charge in [-0.25, -0.2) is 0 Å². The molecule has 0 amide bonds. The lowest BCUT2D eigenvalue weighted by molar-refractivity contribution is -0.123. The van der Waals surface area contributed by atoms with Crippen LogP contribution in [-0.4, -0.2) is 84.9 Å². The Labute approximate surface area is 192 Å². The van der Waals surface area contributed by atoms with Gasteiger partial charge in [0.2, 0.25) is 0 Å². The van der Waals surface area contributed by atoms with Gasteiger partial charge in [-0.15, -0.1) is 0 Å². The molecule has 2 aliphatic heterocycles. The number of carboxylic acid groups (broad SMARTS) is 2. The Balaban J connectivity index is 0.000000547. The molecule has 1 aromatic rings. The Hall–Kier alpha value is -1.96. The Morgan fingerprint density at radius 3 is 2.25 bits per heavy atom. The maximum Gasteiger partial charge on any atom is 0.290 e. The molecule has 1 spiro atoms. The number of benzene rings is 1. The molecule has 2 saturated heterocycles. The first-order valence-electron chi connectivity index (χ1n) is 11.8. The van der Waals surface area contributed by atoms with Crippen molar-refractivity contribution in [2.24, 2.45) is 5.41 Å². The minimum absolute atomic E-state index is 0.250. The van der Waals surface area contributed by atoms with E-state index in [1.807, 2.05) is 7.11 Å². The molecule has 2 N–H and O–H groups in total. The van der Waals surface area contributed by atoms with Gasteiger partial charge in [-0.2, -0.15) is 0 Å². The molecule has 0 bridgehead atoms. The monoisotopic (exact) mass is 448 g/mol. The van der Waals surface area contributed by atoms with E-state index >= 15 is 0 Å². The highest BCUT2D eigenvalue weighted by molar-refractivity contribution is 5.33. The van der Waals surface area contributed by atoms with Gasteiger partial charge in [-0.05, 0) is 70.1 Å². The predicted octanol–water partition coefficient (Wildman–Crippen LogP) is 3.38. The lowest BCUT2D eigenvalue weighted by Gasteiger charge is -2.48. The summed E-state index contributed by atoms with van der Waals surface area (Å²) in [6.45, 7) is 5.86. The van der Waals surface area contributed by atoms with E-state index in [4.69, 9.17) is 24.5 Å². The first kappa shape index (κ1) is 26.3. The number of piperidine rings is 2. The molecule has 3 fully saturated rings. The van der Waals surface area contributed by atoms with E-state index in [0.717, 1.165) is 6.04 Å². The van der Waals surface area contributed by atoms with Crippen molar-refractivity contribution in [1.82, 2.24) is 9.80 Å². The van der Waals surface area contributed by atoms with Crippen LogP contribution in [0.25, 0.3) is 0 Å². The van der Waals surface area contributed by atoms with Gasteiger partial charge in [0.05, 0.1) is 6.10 Å². The van der Waals surface area contributed by atoms with Crippen molar-refractivity contribution < 1.29 is 24.5 Å². The third kappa shape index (κ3) is 7.57. The van der Waals surface area contributed by atoms with E-state index in [2.05, 4.69) is 40.1 Å². The first-order valence-corrected chi connectivity index (χ1v) is 11.8. The molecular formula is C25H40N2O5. The minimum Gasteiger partial charge on any atom is -0.483 e. The van der Waals surface area contributed by atoms with Gasteiger partial charge >= 0.3 is 0 Å².